The number of aromatic nitrogens is 2. The van der Waals surface area contributed by atoms with E-state index in [0.717, 1.165) is 6.07 Å². The van der Waals surface area contributed by atoms with Crippen molar-refractivity contribution in [3.05, 3.63) is 56.5 Å². The third kappa shape index (κ3) is 2.85. The standard InChI is InChI=1S/C13H11ClFN3O2/c1-6-11(12(19)17-7(2)16-6)13(20)18-8-3-4-10(15)9(14)5-8/h3-5H,1-2H3,(H,18,20)(H,16,17,19). The van der Waals surface area contributed by atoms with Crippen LogP contribution >= 0.6 is 11.6 Å². The van der Waals surface area contributed by atoms with Crippen molar-refractivity contribution in [2.45, 2.75) is 13.8 Å². The first-order valence-electron chi connectivity index (χ1n) is 5.72. The normalized spacial score (nSPS) is 10.4. The lowest BCUT2D eigenvalue weighted by molar-refractivity contribution is 0.102. The summed E-state index contributed by atoms with van der Waals surface area (Å²) < 4.78 is 13.0. The second-order valence-corrected chi connectivity index (χ2v) is 4.60. The average Bonchev–Trinajstić information content (AvgIpc) is 2.32. The monoisotopic (exact) mass is 295 g/mol. The van der Waals surface area contributed by atoms with Gasteiger partial charge in [0.05, 0.1) is 10.7 Å². The Labute approximate surface area is 118 Å². The second-order valence-electron chi connectivity index (χ2n) is 4.19. The van der Waals surface area contributed by atoms with Crippen LogP contribution in [0, 0.1) is 19.7 Å². The minimum Gasteiger partial charge on any atom is -0.322 e. The number of rotatable bonds is 2. The first-order valence-corrected chi connectivity index (χ1v) is 6.10. The molecule has 104 valence electrons. The fraction of sp³-hybridized carbons (Fsp3) is 0.154. The first-order chi connectivity index (χ1) is 9.38. The van der Waals surface area contributed by atoms with Crippen molar-refractivity contribution in [2.75, 3.05) is 5.32 Å². The van der Waals surface area contributed by atoms with Crippen LogP contribution in [0.25, 0.3) is 0 Å². The number of benzene rings is 1. The van der Waals surface area contributed by atoms with Gasteiger partial charge in [-0.15, -0.1) is 0 Å². The number of anilines is 1. The molecule has 0 radical (unpaired) electrons. The highest BCUT2D eigenvalue weighted by Crippen LogP contribution is 2.19. The Morgan fingerprint density at radius 3 is 2.70 bits per heavy atom. The molecule has 2 rings (SSSR count). The van der Waals surface area contributed by atoms with Crippen molar-refractivity contribution in [1.29, 1.82) is 0 Å². The molecule has 1 heterocycles. The van der Waals surface area contributed by atoms with E-state index in [4.69, 9.17) is 11.6 Å². The summed E-state index contributed by atoms with van der Waals surface area (Å²) in [6.07, 6.45) is 0. The average molecular weight is 296 g/mol. The SMILES string of the molecule is Cc1nc(C)c(C(=O)Nc2ccc(F)c(Cl)c2)c(=O)[nH]1. The molecule has 1 amide bonds. The van der Waals surface area contributed by atoms with Crippen LogP contribution in [0.5, 0.6) is 0 Å². The third-order valence-electron chi connectivity index (χ3n) is 2.62. The Balaban J connectivity index is 2.33. The number of hydrogen-bond acceptors (Lipinski definition) is 3. The zero-order chi connectivity index (χ0) is 14.9. The predicted octanol–water partition coefficient (Wildman–Crippen LogP) is 2.43. The molecule has 0 spiro atoms. The van der Waals surface area contributed by atoms with Crippen molar-refractivity contribution in [2.24, 2.45) is 0 Å². The van der Waals surface area contributed by atoms with Crippen LogP contribution in [0.3, 0.4) is 0 Å². The number of aryl methyl sites for hydroxylation is 2. The van der Waals surface area contributed by atoms with E-state index in [1.165, 1.54) is 12.1 Å². The molecule has 1 aromatic heterocycles. The van der Waals surface area contributed by atoms with Crippen molar-refractivity contribution in [3.8, 4) is 0 Å². The summed E-state index contributed by atoms with van der Waals surface area (Å²) >= 11 is 5.62. The predicted molar refractivity (Wildman–Crippen MR) is 73.7 cm³/mol. The molecule has 0 atom stereocenters. The molecule has 0 aliphatic carbocycles. The first kappa shape index (κ1) is 14.2. The van der Waals surface area contributed by atoms with Crippen LogP contribution in [0.1, 0.15) is 21.9 Å². The minimum absolute atomic E-state index is 0.0870. The Hall–Kier alpha value is -2.21. The lowest BCUT2D eigenvalue weighted by Crippen LogP contribution is -2.26. The molecule has 0 saturated carbocycles. The Kier molecular flexibility index (Phi) is 3.85. The van der Waals surface area contributed by atoms with Crippen LogP contribution in [-0.4, -0.2) is 15.9 Å². The summed E-state index contributed by atoms with van der Waals surface area (Å²) in [7, 11) is 0. The van der Waals surface area contributed by atoms with Crippen molar-refractivity contribution >= 4 is 23.2 Å². The molecule has 1 aromatic carbocycles. The number of aromatic amines is 1. The Morgan fingerprint density at radius 1 is 1.40 bits per heavy atom. The lowest BCUT2D eigenvalue weighted by atomic mass is 10.2. The van der Waals surface area contributed by atoms with E-state index in [1.54, 1.807) is 13.8 Å². The quantitative estimate of drug-likeness (QED) is 0.893. The largest absolute Gasteiger partial charge is 0.322 e. The van der Waals surface area contributed by atoms with Crippen molar-refractivity contribution < 1.29 is 9.18 Å². The number of amides is 1. The van der Waals surface area contributed by atoms with Crippen LogP contribution < -0.4 is 10.9 Å². The van der Waals surface area contributed by atoms with Gasteiger partial charge in [-0.05, 0) is 32.0 Å². The molecule has 0 aliphatic rings. The summed E-state index contributed by atoms with van der Waals surface area (Å²) in [5.41, 5.74) is -0.00510. The van der Waals surface area contributed by atoms with Gasteiger partial charge >= 0.3 is 0 Å². The number of halogens is 2. The number of nitrogens with one attached hydrogen (secondary N) is 2. The number of carbonyl (C=O) groups is 1. The number of nitrogens with zero attached hydrogens (tertiary/aromatic N) is 1. The summed E-state index contributed by atoms with van der Waals surface area (Å²) in [5.74, 6) is -0.788. The van der Waals surface area contributed by atoms with Crippen molar-refractivity contribution in [1.82, 2.24) is 9.97 Å². The summed E-state index contributed by atoms with van der Waals surface area (Å²) in [6, 6.07) is 3.74. The van der Waals surface area contributed by atoms with E-state index in [2.05, 4.69) is 15.3 Å². The van der Waals surface area contributed by atoms with Gasteiger partial charge in [0.2, 0.25) is 0 Å². The molecule has 0 unspecified atom stereocenters. The molecule has 0 fully saturated rings. The molecule has 7 heteroatoms. The van der Waals surface area contributed by atoms with Gasteiger partial charge in [-0.25, -0.2) is 9.37 Å². The highest BCUT2D eigenvalue weighted by Gasteiger charge is 2.16. The molecule has 0 bridgehead atoms. The molecule has 2 aromatic rings. The lowest BCUT2D eigenvalue weighted by Gasteiger charge is -2.07. The maximum Gasteiger partial charge on any atom is 0.264 e. The number of H-pyrrole nitrogens is 1. The fourth-order valence-electron chi connectivity index (χ4n) is 1.76. The van der Waals surface area contributed by atoms with E-state index in [0.29, 0.717) is 17.2 Å². The topological polar surface area (TPSA) is 74.8 Å². The molecule has 0 aliphatic heterocycles. The molecule has 2 N–H and O–H groups in total. The van der Waals surface area contributed by atoms with Crippen LogP contribution in [-0.2, 0) is 0 Å². The van der Waals surface area contributed by atoms with Crippen LogP contribution in [0.2, 0.25) is 5.02 Å². The zero-order valence-corrected chi connectivity index (χ0v) is 11.5. The fourth-order valence-corrected chi connectivity index (χ4v) is 1.94. The van der Waals surface area contributed by atoms with Crippen LogP contribution in [0.4, 0.5) is 10.1 Å². The molecule has 5 nitrogen and oxygen atoms in total. The van der Waals surface area contributed by atoms with E-state index < -0.39 is 17.3 Å². The third-order valence-corrected chi connectivity index (χ3v) is 2.91. The van der Waals surface area contributed by atoms with E-state index >= 15 is 0 Å². The van der Waals surface area contributed by atoms with Crippen molar-refractivity contribution in [3.63, 3.8) is 0 Å². The van der Waals surface area contributed by atoms with Gasteiger partial charge in [0, 0.05) is 5.69 Å². The van der Waals surface area contributed by atoms with E-state index in [1.807, 2.05) is 0 Å². The Bertz CT molecular complexity index is 743. The molecule has 0 saturated heterocycles. The Morgan fingerprint density at radius 2 is 2.10 bits per heavy atom. The van der Waals surface area contributed by atoms with E-state index in [9.17, 15) is 14.0 Å². The van der Waals surface area contributed by atoms with Crippen LogP contribution in [0.15, 0.2) is 23.0 Å². The second kappa shape index (κ2) is 5.42. The summed E-state index contributed by atoms with van der Waals surface area (Å²) in [5, 5.41) is 2.36. The highest BCUT2D eigenvalue weighted by molar-refractivity contribution is 6.31. The molecular formula is C13H11ClFN3O2. The maximum atomic E-state index is 13.0. The van der Waals surface area contributed by atoms with E-state index in [-0.39, 0.29) is 10.6 Å². The summed E-state index contributed by atoms with van der Waals surface area (Å²) in [6.45, 7) is 3.19. The minimum atomic E-state index is -0.626. The zero-order valence-electron chi connectivity index (χ0n) is 10.8. The van der Waals surface area contributed by atoms with Gasteiger partial charge in [-0.1, -0.05) is 11.6 Å². The maximum absolute atomic E-state index is 13.0. The van der Waals surface area contributed by atoms with Gasteiger partial charge < -0.3 is 10.3 Å². The van der Waals surface area contributed by atoms with Gasteiger partial charge in [0.15, 0.2) is 0 Å². The molecule has 20 heavy (non-hydrogen) atoms. The van der Waals surface area contributed by atoms with Gasteiger partial charge in [-0.3, -0.25) is 9.59 Å². The number of carbonyl (C=O) groups excluding carboxylic acids is 1. The smallest absolute Gasteiger partial charge is 0.264 e. The van der Waals surface area contributed by atoms with Gasteiger partial charge in [-0.2, -0.15) is 0 Å². The van der Waals surface area contributed by atoms with Gasteiger partial charge in [0.25, 0.3) is 11.5 Å². The summed E-state index contributed by atoms with van der Waals surface area (Å²) in [4.78, 5) is 30.3. The molecular weight excluding hydrogens is 285 g/mol. The van der Waals surface area contributed by atoms with Gasteiger partial charge in [0.1, 0.15) is 17.2 Å². The highest BCUT2D eigenvalue weighted by atomic mass is 35.5. The number of hydrogen-bond donors (Lipinski definition) is 2.